The summed E-state index contributed by atoms with van der Waals surface area (Å²) in [6.45, 7) is 2.00. The van der Waals surface area contributed by atoms with E-state index in [0.717, 1.165) is 33.5 Å². The first-order chi connectivity index (χ1) is 11.6. The van der Waals surface area contributed by atoms with Gasteiger partial charge in [0.05, 0.1) is 27.0 Å². The highest BCUT2D eigenvalue weighted by atomic mass is 16.5. The van der Waals surface area contributed by atoms with Gasteiger partial charge in [-0.25, -0.2) is 4.98 Å². The standard InChI is InChI=1S/C19H19NO4/c1-11-9-14(13-6-5-12(21)10-17(13)24-4)20-19-16(23-3)8-7-15(22-2)18(11)19/h5-10,21H,1-4H3. The minimum atomic E-state index is 0.146. The number of methoxy groups -OCH3 is 3. The summed E-state index contributed by atoms with van der Waals surface area (Å²) in [6, 6.07) is 10.6. The number of aromatic hydroxyl groups is 1. The van der Waals surface area contributed by atoms with E-state index in [1.165, 1.54) is 0 Å². The molecule has 0 atom stereocenters. The second kappa shape index (κ2) is 6.28. The molecule has 3 rings (SSSR count). The van der Waals surface area contributed by atoms with Crippen molar-refractivity contribution in [3.63, 3.8) is 0 Å². The van der Waals surface area contributed by atoms with Gasteiger partial charge in [-0.05, 0) is 42.8 Å². The molecule has 24 heavy (non-hydrogen) atoms. The van der Waals surface area contributed by atoms with E-state index in [9.17, 15) is 5.11 Å². The van der Waals surface area contributed by atoms with Crippen LogP contribution in [0.1, 0.15) is 5.56 Å². The molecule has 0 spiro atoms. The second-order valence-electron chi connectivity index (χ2n) is 5.40. The van der Waals surface area contributed by atoms with Gasteiger partial charge in [0.25, 0.3) is 0 Å². The van der Waals surface area contributed by atoms with Crippen molar-refractivity contribution in [1.29, 1.82) is 0 Å². The van der Waals surface area contributed by atoms with Gasteiger partial charge in [-0.15, -0.1) is 0 Å². The maximum atomic E-state index is 9.66. The number of nitrogens with zero attached hydrogens (tertiary/aromatic N) is 1. The molecule has 0 fully saturated rings. The molecule has 5 heteroatoms. The van der Waals surface area contributed by atoms with Crippen LogP contribution >= 0.6 is 0 Å². The van der Waals surface area contributed by atoms with E-state index >= 15 is 0 Å². The molecule has 0 bridgehead atoms. The number of benzene rings is 2. The van der Waals surface area contributed by atoms with Gasteiger partial charge in [-0.3, -0.25) is 0 Å². The Kier molecular flexibility index (Phi) is 4.16. The molecule has 124 valence electrons. The highest BCUT2D eigenvalue weighted by Gasteiger charge is 2.15. The zero-order chi connectivity index (χ0) is 17.3. The third-order valence-corrected chi connectivity index (χ3v) is 3.98. The van der Waals surface area contributed by atoms with Gasteiger partial charge < -0.3 is 19.3 Å². The van der Waals surface area contributed by atoms with E-state index in [4.69, 9.17) is 19.2 Å². The normalized spacial score (nSPS) is 10.7. The number of aromatic nitrogens is 1. The molecular formula is C19H19NO4. The van der Waals surface area contributed by atoms with Gasteiger partial charge >= 0.3 is 0 Å². The van der Waals surface area contributed by atoms with Gasteiger partial charge in [0.2, 0.25) is 0 Å². The number of phenolic OH excluding ortho intramolecular Hbond substituents is 1. The molecule has 0 radical (unpaired) electrons. The summed E-state index contributed by atoms with van der Waals surface area (Å²) in [5.41, 5.74) is 3.27. The Morgan fingerprint density at radius 3 is 2.17 bits per heavy atom. The maximum Gasteiger partial charge on any atom is 0.145 e. The van der Waals surface area contributed by atoms with Crippen LogP contribution in [0.15, 0.2) is 36.4 Å². The third kappa shape index (κ3) is 2.58. The fraction of sp³-hybridized carbons (Fsp3) is 0.211. The van der Waals surface area contributed by atoms with Gasteiger partial charge in [0, 0.05) is 17.0 Å². The molecule has 0 saturated carbocycles. The molecule has 1 N–H and O–H groups in total. The van der Waals surface area contributed by atoms with Crippen LogP contribution in [0.3, 0.4) is 0 Å². The highest BCUT2D eigenvalue weighted by Crippen LogP contribution is 2.38. The molecule has 0 aliphatic carbocycles. The fourth-order valence-electron chi connectivity index (χ4n) is 2.84. The molecule has 0 saturated heterocycles. The monoisotopic (exact) mass is 325 g/mol. The quantitative estimate of drug-likeness (QED) is 0.787. The Labute approximate surface area is 140 Å². The Hall–Kier alpha value is -2.95. The number of rotatable bonds is 4. The van der Waals surface area contributed by atoms with Crippen LogP contribution in [-0.4, -0.2) is 31.4 Å². The Balaban J connectivity index is 2.32. The summed E-state index contributed by atoms with van der Waals surface area (Å²) < 4.78 is 16.3. The van der Waals surface area contributed by atoms with Gasteiger partial charge in [-0.2, -0.15) is 0 Å². The number of pyridine rings is 1. The van der Waals surface area contributed by atoms with Crippen molar-refractivity contribution < 1.29 is 19.3 Å². The van der Waals surface area contributed by atoms with Crippen LogP contribution in [0.5, 0.6) is 23.0 Å². The number of hydrogen-bond acceptors (Lipinski definition) is 5. The summed E-state index contributed by atoms with van der Waals surface area (Å²) in [4.78, 5) is 4.76. The summed E-state index contributed by atoms with van der Waals surface area (Å²) in [5.74, 6) is 2.13. The van der Waals surface area contributed by atoms with Crippen molar-refractivity contribution in [3.8, 4) is 34.3 Å². The highest BCUT2D eigenvalue weighted by molar-refractivity contribution is 5.94. The molecule has 0 amide bonds. The smallest absolute Gasteiger partial charge is 0.145 e. The average Bonchev–Trinajstić information content (AvgIpc) is 2.60. The Bertz CT molecular complexity index is 905. The molecule has 2 aromatic carbocycles. The fourth-order valence-corrected chi connectivity index (χ4v) is 2.84. The van der Waals surface area contributed by atoms with Gasteiger partial charge in [-0.1, -0.05) is 0 Å². The number of phenols is 1. The predicted octanol–water partition coefficient (Wildman–Crippen LogP) is 3.94. The van der Waals surface area contributed by atoms with E-state index in [2.05, 4.69) is 0 Å². The Morgan fingerprint density at radius 1 is 0.833 bits per heavy atom. The molecule has 0 aliphatic heterocycles. The minimum absolute atomic E-state index is 0.146. The molecule has 0 unspecified atom stereocenters. The van der Waals surface area contributed by atoms with E-state index < -0.39 is 0 Å². The topological polar surface area (TPSA) is 60.8 Å². The molecular weight excluding hydrogens is 306 g/mol. The van der Waals surface area contributed by atoms with Crippen LogP contribution in [0.4, 0.5) is 0 Å². The maximum absolute atomic E-state index is 9.66. The lowest BCUT2D eigenvalue weighted by atomic mass is 10.0. The molecule has 0 aliphatic rings. The first-order valence-electron chi connectivity index (χ1n) is 7.48. The SMILES string of the molecule is COc1cc(O)ccc1-c1cc(C)c2c(OC)ccc(OC)c2n1. The van der Waals surface area contributed by atoms with Crippen molar-refractivity contribution in [2.75, 3.05) is 21.3 Å². The van der Waals surface area contributed by atoms with E-state index in [1.54, 1.807) is 39.5 Å². The summed E-state index contributed by atoms with van der Waals surface area (Å²) >= 11 is 0. The van der Waals surface area contributed by atoms with Crippen molar-refractivity contribution >= 4 is 10.9 Å². The van der Waals surface area contributed by atoms with Crippen molar-refractivity contribution in [2.45, 2.75) is 6.92 Å². The number of fused-ring (bicyclic) bond motifs is 1. The van der Waals surface area contributed by atoms with Gasteiger partial charge in [0.15, 0.2) is 0 Å². The van der Waals surface area contributed by atoms with Gasteiger partial charge in [0.1, 0.15) is 28.5 Å². The number of ether oxygens (including phenoxy) is 3. The zero-order valence-electron chi connectivity index (χ0n) is 14.1. The Morgan fingerprint density at radius 2 is 1.50 bits per heavy atom. The molecule has 1 aromatic heterocycles. The summed E-state index contributed by atoms with van der Waals surface area (Å²) in [7, 11) is 4.82. The molecule has 3 aromatic rings. The van der Waals surface area contributed by atoms with E-state index in [0.29, 0.717) is 11.5 Å². The van der Waals surface area contributed by atoms with Crippen molar-refractivity contribution in [3.05, 3.63) is 42.0 Å². The van der Waals surface area contributed by atoms with Crippen molar-refractivity contribution in [1.82, 2.24) is 4.98 Å². The van der Waals surface area contributed by atoms with Crippen molar-refractivity contribution in [2.24, 2.45) is 0 Å². The minimum Gasteiger partial charge on any atom is -0.508 e. The predicted molar refractivity (Wildman–Crippen MR) is 93.2 cm³/mol. The van der Waals surface area contributed by atoms with Crippen LogP contribution in [0, 0.1) is 6.92 Å². The largest absolute Gasteiger partial charge is 0.508 e. The lowest BCUT2D eigenvalue weighted by Crippen LogP contribution is -1.96. The average molecular weight is 325 g/mol. The van der Waals surface area contributed by atoms with Crippen LogP contribution < -0.4 is 14.2 Å². The number of hydrogen-bond donors (Lipinski definition) is 1. The third-order valence-electron chi connectivity index (χ3n) is 3.98. The lowest BCUT2D eigenvalue weighted by molar-refractivity contribution is 0.408. The summed E-state index contributed by atoms with van der Waals surface area (Å²) in [6.07, 6.45) is 0. The first kappa shape index (κ1) is 15.9. The zero-order valence-corrected chi connectivity index (χ0v) is 14.1. The molecule has 5 nitrogen and oxygen atoms in total. The lowest BCUT2D eigenvalue weighted by Gasteiger charge is -2.14. The van der Waals surface area contributed by atoms with E-state index in [-0.39, 0.29) is 5.75 Å². The number of aryl methyl sites for hydroxylation is 1. The van der Waals surface area contributed by atoms with Crippen LogP contribution in [0.25, 0.3) is 22.2 Å². The first-order valence-corrected chi connectivity index (χ1v) is 7.48. The molecule has 1 heterocycles. The second-order valence-corrected chi connectivity index (χ2v) is 5.40. The summed E-state index contributed by atoms with van der Waals surface area (Å²) in [5, 5.41) is 10.6. The van der Waals surface area contributed by atoms with Crippen LogP contribution in [-0.2, 0) is 0 Å². The van der Waals surface area contributed by atoms with E-state index in [1.807, 2.05) is 25.1 Å². The van der Waals surface area contributed by atoms with Crippen LogP contribution in [0.2, 0.25) is 0 Å².